The van der Waals surface area contributed by atoms with E-state index in [9.17, 15) is 9.59 Å². The lowest BCUT2D eigenvalue weighted by Gasteiger charge is -2.41. The molecule has 8 nitrogen and oxygen atoms in total. The van der Waals surface area contributed by atoms with Crippen LogP contribution < -0.4 is 5.32 Å². The molecule has 3 aliphatic heterocycles. The third kappa shape index (κ3) is 3.68. The number of hydrogen-bond acceptors (Lipinski definition) is 7. The van der Waals surface area contributed by atoms with Crippen LogP contribution in [0.15, 0.2) is 5.38 Å². The van der Waals surface area contributed by atoms with E-state index in [0.717, 1.165) is 44.6 Å². The molecule has 4 fully saturated rings. The zero-order valence-corrected chi connectivity index (χ0v) is 17.9. The van der Waals surface area contributed by atoms with Crippen LogP contribution in [0.5, 0.6) is 0 Å². The maximum atomic E-state index is 13.2. The van der Waals surface area contributed by atoms with Gasteiger partial charge in [0.25, 0.3) is 0 Å². The van der Waals surface area contributed by atoms with Crippen molar-refractivity contribution in [2.75, 3.05) is 26.7 Å². The van der Waals surface area contributed by atoms with E-state index in [1.165, 1.54) is 30.8 Å². The minimum absolute atomic E-state index is 0.0533. The lowest BCUT2D eigenvalue weighted by molar-refractivity contribution is -0.135. The maximum Gasteiger partial charge on any atom is 0.243 e. The molecule has 4 aliphatic rings. The van der Waals surface area contributed by atoms with Crippen LogP contribution in [0.3, 0.4) is 0 Å². The fourth-order valence-electron chi connectivity index (χ4n) is 5.43. The van der Waals surface area contributed by atoms with Crippen LogP contribution in [-0.4, -0.2) is 86.4 Å². The molecule has 2 amide bonds. The van der Waals surface area contributed by atoms with Crippen molar-refractivity contribution < 1.29 is 9.59 Å². The van der Waals surface area contributed by atoms with E-state index in [-0.39, 0.29) is 23.4 Å². The minimum atomic E-state index is -0.384. The monoisotopic (exact) mass is 418 g/mol. The van der Waals surface area contributed by atoms with E-state index in [2.05, 4.69) is 31.8 Å². The molecule has 1 spiro atoms. The van der Waals surface area contributed by atoms with E-state index >= 15 is 0 Å². The van der Waals surface area contributed by atoms with Gasteiger partial charge in [0.15, 0.2) is 0 Å². The summed E-state index contributed by atoms with van der Waals surface area (Å²) in [6, 6.07) is 0.640. The van der Waals surface area contributed by atoms with Crippen molar-refractivity contribution in [2.24, 2.45) is 0 Å². The quantitative estimate of drug-likeness (QED) is 0.781. The predicted octanol–water partition coefficient (Wildman–Crippen LogP) is 0.846. The molecule has 0 radical (unpaired) electrons. The highest BCUT2D eigenvalue weighted by atomic mass is 32.1. The molecule has 158 valence electrons. The van der Waals surface area contributed by atoms with Gasteiger partial charge in [0.1, 0.15) is 6.04 Å². The summed E-state index contributed by atoms with van der Waals surface area (Å²) in [6.45, 7) is 3.22. The number of piperidine rings is 1. The Morgan fingerprint density at radius 3 is 2.72 bits per heavy atom. The SMILES string of the molecule is CN(C1CCC1)[C@H]1C[C@H]2C(=O)NC3(CCN(Cc4csnn4)CC3)CC(=O)N2C1. The number of rotatable bonds is 4. The van der Waals surface area contributed by atoms with Gasteiger partial charge in [0.2, 0.25) is 11.8 Å². The van der Waals surface area contributed by atoms with Gasteiger partial charge in [-0.25, -0.2) is 0 Å². The Hall–Kier alpha value is -1.58. The van der Waals surface area contributed by atoms with E-state index in [0.29, 0.717) is 25.0 Å². The largest absolute Gasteiger partial charge is 0.348 e. The van der Waals surface area contributed by atoms with E-state index in [4.69, 9.17) is 0 Å². The second-order valence-corrected chi connectivity index (χ2v) is 9.93. The maximum absolute atomic E-state index is 13.2. The van der Waals surface area contributed by atoms with Gasteiger partial charge in [0.05, 0.1) is 17.7 Å². The highest BCUT2D eigenvalue weighted by molar-refractivity contribution is 7.03. The summed E-state index contributed by atoms with van der Waals surface area (Å²) in [7, 11) is 2.16. The Kier molecular flexibility index (Phi) is 5.08. The Morgan fingerprint density at radius 1 is 1.28 bits per heavy atom. The molecule has 9 heteroatoms. The van der Waals surface area contributed by atoms with Gasteiger partial charge in [-0.1, -0.05) is 10.9 Å². The average molecular weight is 419 g/mol. The first kappa shape index (κ1) is 19.4. The Bertz CT molecular complexity index is 731. The summed E-state index contributed by atoms with van der Waals surface area (Å²) in [5.74, 6) is 0.201. The van der Waals surface area contributed by atoms with Crippen molar-refractivity contribution in [3.05, 3.63) is 11.1 Å². The molecule has 3 saturated heterocycles. The van der Waals surface area contributed by atoms with Crippen molar-refractivity contribution in [2.45, 2.75) is 75.2 Å². The highest BCUT2D eigenvalue weighted by Crippen LogP contribution is 2.35. The van der Waals surface area contributed by atoms with Crippen LogP contribution in [0.2, 0.25) is 0 Å². The Labute approximate surface area is 175 Å². The number of nitrogens with zero attached hydrogens (tertiary/aromatic N) is 5. The zero-order chi connectivity index (χ0) is 20.0. The van der Waals surface area contributed by atoms with Gasteiger partial charge in [-0.15, -0.1) is 5.10 Å². The van der Waals surface area contributed by atoms with Crippen molar-refractivity contribution in [3.8, 4) is 0 Å². The van der Waals surface area contributed by atoms with E-state index < -0.39 is 0 Å². The topological polar surface area (TPSA) is 81.7 Å². The number of amides is 2. The molecule has 4 heterocycles. The van der Waals surface area contributed by atoms with E-state index in [1.807, 2.05) is 10.3 Å². The normalized spacial score (nSPS) is 30.3. The molecular weight excluding hydrogens is 388 g/mol. The first-order valence-corrected chi connectivity index (χ1v) is 11.7. The van der Waals surface area contributed by atoms with Gasteiger partial charge < -0.3 is 10.2 Å². The minimum Gasteiger partial charge on any atom is -0.348 e. The van der Waals surface area contributed by atoms with Crippen molar-refractivity contribution in [1.82, 2.24) is 29.6 Å². The number of likely N-dealkylation sites (tertiary alicyclic amines) is 1. The van der Waals surface area contributed by atoms with Gasteiger partial charge in [-0.2, -0.15) is 0 Å². The molecule has 1 saturated carbocycles. The van der Waals surface area contributed by atoms with Crippen LogP contribution >= 0.6 is 11.5 Å². The van der Waals surface area contributed by atoms with Crippen molar-refractivity contribution in [1.29, 1.82) is 0 Å². The smallest absolute Gasteiger partial charge is 0.243 e. The second-order valence-electron chi connectivity index (χ2n) is 9.32. The summed E-state index contributed by atoms with van der Waals surface area (Å²) in [5, 5.41) is 9.43. The first-order chi connectivity index (χ1) is 14.0. The number of carbonyl (C=O) groups excluding carboxylic acids is 2. The predicted molar refractivity (Wildman–Crippen MR) is 109 cm³/mol. The van der Waals surface area contributed by atoms with Crippen LogP contribution in [0.25, 0.3) is 0 Å². The van der Waals surface area contributed by atoms with E-state index in [1.54, 1.807) is 0 Å². The molecule has 1 aliphatic carbocycles. The fraction of sp³-hybridized carbons (Fsp3) is 0.800. The molecule has 1 aromatic rings. The summed E-state index contributed by atoms with van der Waals surface area (Å²) in [5.41, 5.74) is 0.610. The molecule has 1 N–H and O–H groups in total. The number of aromatic nitrogens is 2. The van der Waals surface area contributed by atoms with Crippen LogP contribution in [0.4, 0.5) is 0 Å². The molecule has 0 bridgehead atoms. The van der Waals surface area contributed by atoms with Gasteiger partial charge in [0, 0.05) is 43.6 Å². The molecule has 29 heavy (non-hydrogen) atoms. The Morgan fingerprint density at radius 2 is 2.07 bits per heavy atom. The molecular formula is C20H30N6O2S. The van der Waals surface area contributed by atoms with Gasteiger partial charge >= 0.3 is 0 Å². The fourth-order valence-corrected chi connectivity index (χ4v) is 5.87. The van der Waals surface area contributed by atoms with Crippen LogP contribution in [-0.2, 0) is 16.1 Å². The van der Waals surface area contributed by atoms with Gasteiger partial charge in [-0.05, 0) is 50.7 Å². The standard InChI is InChI=1S/C20H30N6O2S/c1-24(15-3-2-4-15)16-9-17-19(28)21-20(10-18(27)26(17)12-16)5-7-25(8-6-20)11-14-13-29-23-22-14/h13,15-17H,2-12H2,1H3,(H,21,28)/t16-,17-/m0/s1. The van der Waals surface area contributed by atoms with Crippen LogP contribution in [0.1, 0.15) is 50.6 Å². The lowest BCUT2D eigenvalue weighted by Crippen LogP contribution is -2.56. The van der Waals surface area contributed by atoms with Crippen LogP contribution in [0, 0.1) is 0 Å². The molecule has 1 aromatic heterocycles. The Balaban J connectivity index is 1.23. The lowest BCUT2D eigenvalue weighted by atomic mass is 9.84. The number of nitrogens with one attached hydrogen (secondary N) is 1. The average Bonchev–Trinajstić information content (AvgIpc) is 3.30. The summed E-state index contributed by atoms with van der Waals surface area (Å²) < 4.78 is 3.93. The molecule has 2 atom stereocenters. The number of hydrogen-bond donors (Lipinski definition) is 1. The molecule has 5 rings (SSSR count). The molecule has 0 unspecified atom stereocenters. The molecule has 0 aromatic carbocycles. The zero-order valence-electron chi connectivity index (χ0n) is 17.0. The van der Waals surface area contributed by atoms with Crippen molar-refractivity contribution in [3.63, 3.8) is 0 Å². The first-order valence-electron chi connectivity index (χ1n) is 10.8. The number of carbonyl (C=O) groups is 2. The highest BCUT2D eigenvalue weighted by Gasteiger charge is 2.50. The third-order valence-electron chi connectivity index (χ3n) is 7.61. The number of likely N-dealkylation sites (N-methyl/N-ethyl adjacent to an activating group) is 1. The number of fused-ring (bicyclic) bond motifs is 1. The second kappa shape index (κ2) is 7.59. The summed E-state index contributed by atoms with van der Waals surface area (Å²) in [4.78, 5) is 32.9. The third-order valence-corrected chi connectivity index (χ3v) is 8.16. The summed E-state index contributed by atoms with van der Waals surface area (Å²) in [6.07, 6.45) is 6.61. The summed E-state index contributed by atoms with van der Waals surface area (Å²) >= 11 is 1.37. The van der Waals surface area contributed by atoms with Crippen molar-refractivity contribution >= 4 is 23.3 Å². The van der Waals surface area contributed by atoms with Gasteiger partial charge in [-0.3, -0.25) is 19.4 Å².